The van der Waals surface area contributed by atoms with Gasteiger partial charge in [-0.15, -0.1) is 0 Å². The second-order valence-corrected chi connectivity index (χ2v) is 6.70. The largest absolute Gasteiger partial charge is 0.462 e. The Balaban J connectivity index is 2.67. The van der Waals surface area contributed by atoms with Crippen molar-refractivity contribution < 1.29 is 17.9 Å². The van der Waals surface area contributed by atoms with Gasteiger partial charge in [-0.25, -0.2) is 4.79 Å². The molecule has 0 aromatic heterocycles. The highest BCUT2D eigenvalue weighted by Crippen LogP contribution is 2.36. The van der Waals surface area contributed by atoms with Crippen LogP contribution in [-0.4, -0.2) is 26.5 Å². The number of rotatable bonds is 5. The van der Waals surface area contributed by atoms with Crippen LogP contribution in [0.2, 0.25) is 15.1 Å². The van der Waals surface area contributed by atoms with Crippen molar-refractivity contribution in [3.63, 3.8) is 0 Å². The third kappa shape index (κ3) is 4.89. The number of ether oxygens (including phenoxy) is 1. The maximum atomic E-state index is 12.1. The van der Waals surface area contributed by atoms with Crippen LogP contribution < -0.4 is 4.90 Å². The molecule has 9 heteroatoms. The van der Waals surface area contributed by atoms with Crippen LogP contribution in [0.4, 0.5) is 11.4 Å². The Morgan fingerprint density at radius 2 is 1.76 bits per heavy atom. The summed E-state index contributed by atoms with van der Waals surface area (Å²) in [4.78, 5) is 13.4. The SMILES string of the molecule is CCOC(=O)c1cc(Cl)cc(N(C=S(=O)=O)c2ccc(Cl)cc2)c1Cl. The summed E-state index contributed by atoms with van der Waals surface area (Å²) in [6.45, 7) is 1.82. The molecule has 2 aromatic rings. The summed E-state index contributed by atoms with van der Waals surface area (Å²) >= 11 is 18.3. The van der Waals surface area contributed by atoms with Crippen molar-refractivity contribution in [1.29, 1.82) is 0 Å². The van der Waals surface area contributed by atoms with E-state index >= 15 is 0 Å². The molecule has 0 aliphatic carbocycles. The molecule has 0 aliphatic heterocycles. The van der Waals surface area contributed by atoms with E-state index in [0.717, 1.165) is 5.49 Å². The summed E-state index contributed by atoms with van der Waals surface area (Å²) in [6, 6.07) is 9.20. The van der Waals surface area contributed by atoms with E-state index in [-0.39, 0.29) is 27.9 Å². The topological polar surface area (TPSA) is 63.7 Å². The average Bonchev–Trinajstić information content (AvgIpc) is 2.55. The molecule has 0 aliphatic rings. The van der Waals surface area contributed by atoms with Crippen molar-refractivity contribution in [3.8, 4) is 0 Å². The molecule has 2 rings (SSSR count). The molecule has 0 unspecified atom stereocenters. The second kappa shape index (κ2) is 8.58. The smallest absolute Gasteiger partial charge is 0.339 e. The van der Waals surface area contributed by atoms with Crippen LogP contribution in [0.15, 0.2) is 36.4 Å². The monoisotopic (exact) mass is 419 g/mol. The predicted octanol–water partition coefficient (Wildman–Crippen LogP) is 4.60. The van der Waals surface area contributed by atoms with Crippen molar-refractivity contribution in [3.05, 3.63) is 57.0 Å². The van der Waals surface area contributed by atoms with Crippen LogP contribution in [0.1, 0.15) is 17.3 Å². The number of esters is 1. The molecule has 0 amide bonds. The molecule has 5 nitrogen and oxygen atoms in total. The minimum Gasteiger partial charge on any atom is -0.462 e. The molecule has 0 bridgehead atoms. The summed E-state index contributed by atoms with van der Waals surface area (Å²) < 4.78 is 27.5. The van der Waals surface area contributed by atoms with Crippen LogP contribution in [0.5, 0.6) is 0 Å². The Kier molecular flexibility index (Phi) is 6.72. The molecule has 0 spiro atoms. The van der Waals surface area contributed by atoms with E-state index in [1.54, 1.807) is 31.2 Å². The van der Waals surface area contributed by atoms with E-state index in [2.05, 4.69) is 0 Å². The van der Waals surface area contributed by atoms with Gasteiger partial charge in [-0.3, -0.25) is 0 Å². The number of hydrogen-bond acceptors (Lipinski definition) is 4. The minimum atomic E-state index is -2.54. The highest BCUT2D eigenvalue weighted by Gasteiger charge is 2.20. The second-order valence-electron chi connectivity index (χ2n) is 4.72. The number of benzene rings is 2. The van der Waals surface area contributed by atoms with Crippen molar-refractivity contribution in [2.75, 3.05) is 11.5 Å². The maximum Gasteiger partial charge on any atom is 0.339 e. The maximum absolute atomic E-state index is 12.1. The van der Waals surface area contributed by atoms with Crippen LogP contribution >= 0.6 is 34.8 Å². The zero-order chi connectivity index (χ0) is 18.6. The van der Waals surface area contributed by atoms with Gasteiger partial charge in [-0.1, -0.05) is 34.8 Å². The molecule has 0 radical (unpaired) electrons. The Morgan fingerprint density at radius 1 is 1.12 bits per heavy atom. The lowest BCUT2D eigenvalue weighted by atomic mass is 10.1. The Morgan fingerprint density at radius 3 is 2.32 bits per heavy atom. The fourth-order valence-corrected chi connectivity index (χ4v) is 3.08. The summed E-state index contributed by atoms with van der Waals surface area (Å²) in [5.74, 6) is -0.657. The molecule has 0 saturated carbocycles. The van der Waals surface area contributed by atoms with Crippen molar-refractivity contribution in [2.24, 2.45) is 0 Å². The standard InChI is InChI=1S/C16H12Cl3NO4S/c1-2-24-16(21)13-7-11(18)8-14(15(13)19)20(9-25(22)23)12-5-3-10(17)4-6-12/h3-9H,2H2,1H3. The van der Waals surface area contributed by atoms with Gasteiger partial charge in [0.25, 0.3) is 0 Å². The number of anilines is 2. The highest BCUT2D eigenvalue weighted by molar-refractivity contribution is 7.71. The van der Waals surface area contributed by atoms with Gasteiger partial charge in [-0.05, 0) is 43.3 Å². The molecule has 2 aromatic carbocycles. The first kappa shape index (κ1) is 19.6. The quantitative estimate of drug-likeness (QED) is 0.522. The van der Waals surface area contributed by atoms with E-state index in [1.807, 2.05) is 0 Å². The fraction of sp³-hybridized carbons (Fsp3) is 0.125. The normalized spacial score (nSPS) is 10.2. The van der Waals surface area contributed by atoms with E-state index in [9.17, 15) is 13.2 Å². The molecule has 25 heavy (non-hydrogen) atoms. The Labute approximate surface area is 161 Å². The fourth-order valence-electron chi connectivity index (χ4n) is 2.05. The van der Waals surface area contributed by atoms with E-state index in [4.69, 9.17) is 39.5 Å². The predicted molar refractivity (Wildman–Crippen MR) is 101 cm³/mol. The molecular formula is C16H12Cl3NO4S. The molecule has 0 heterocycles. The molecule has 132 valence electrons. The van der Waals surface area contributed by atoms with E-state index < -0.39 is 16.3 Å². The van der Waals surface area contributed by atoms with Gasteiger partial charge in [0.15, 0.2) is 0 Å². The third-order valence-corrected chi connectivity index (χ3v) is 4.32. The van der Waals surface area contributed by atoms with Crippen molar-refractivity contribution in [1.82, 2.24) is 0 Å². The molecule has 0 fully saturated rings. The third-order valence-electron chi connectivity index (χ3n) is 3.07. The lowest BCUT2D eigenvalue weighted by Gasteiger charge is -2.21. The highest BCUT2D eigenvalue weighted by atomic mass is 35.5. The molecule has 0 atom stereocenters. The van der Waals surface area contributed by atoms with Crippen molar-refractivity contribution >= 4 is 67.9 Å². The molecule has 0 N–H and O–H groups in total. The van der Waals surface area contributed by atoms with Crippen LogP contribution in [0.25, 0.3) is 0 Å². The van der Waals surface area contributed by atoms with Gasteiger partial charge in [0.1, 0.15) is 5.49 Å². The van der Waals surface area contributed by atoms with Gasteiger partial charge in [0.2, 0.25) is 10.3 Å². The van der Waals surface area contributed by atoms with Crippen LogP contribution in [0, 0.1) is 0 Å². The Hall–Kier alpha value is -1.73. The number of hydrogen-bond donors (Lipinski definition) is 0. The molecular weight excluding hydrogens is 409 g/mol. The van der Waals surface area contributed by atoms with Gasteiger partial charge in [0.05, 0.1) is 22.9 Å². The van der Waals surface area contributed by atoms with Gasteiger partial charge in [-0.2, -0.15) is 8.42 Å². The number of nitrogens with zero attached hydrogens (tertiary/aromatic N) is 1. The van der Waals surface area contributed by atoms with E-state index in [0.29, 0.717) is 10.7 Å². The lowest BCUT2D eigenvalue weighted by molar-refractivity contribution is 0.0526. The molecule has 0 saturated heterocycles. The summed E-state index contributed by atoms with van der Waals surface area (Å²) in [7, 11) is -2.54. The first-order valence-electron chi connectivity index (χ1n) is 6.97. The van der Waals surface area contributed by atoms with Crippen LogP contribution in [0.3, 0.4) is 0 Å². The van der Waals surface area contributed by atoms with Gasteiger partial charge < -0.3 is 9.64 Å². The number of halogens is 3. The average molecular weight is 421 g/mol. The minimum absolute atomic E-state index is 0.0134. The lowest BCUT2D eigenvalue weighted by Crippen LogP contribution is -2.17. The Bertz CT molecular complexity index is 919. The van der Waals surface area contributed by atoms with Gasteiger partial charge >= 0.3 is 5.97 Å². The van der Waals surface area contributed by atoms with E-state index in [1.165, 1.54) is 17.0 Å². The summed E-state index contributed by atoms with van der Waals surface area (Å²) in [5.41, 5.74) is 1.63. The first-order valence-corrected chi connectivity index (χ1v) is 9.24. The van der Waals surface area contributed by atoms with Crippen LogP contribution in [-0.2, 0) is 15.0 Å². The summed E-state index contributed by atoms with van der Waals surface area (Å²) in [5, 5.41) is 0.697. The first-order chi connectivity index (χ1) is 11.8. The zero-order valence-corrected chi connectivity index (χ0v) is 16.0. The number of carbonyl (C=O) groups is 1. The van der Waals surface area contributed by atoms with Gasteiger partial charge in [0, 0.05) is 15.7 Å². The number of carbonyl (C=O) groups excluding carboxylic acids is 1. The zero-order valence-electron chi connectivity index (χ0n) is 12.9. The summed E-state index contributed by atoms with van der Waals surface area (Å²) in [6.07, 6.45) is 0. The van der Waals surface area contributed by atoms with Crippen molar-refractivity contribution in [2.45, 2.75) is 6.92 Å².